The largest absolute Gasteiger partial charge is 0.415 e. The minimum atomic E-state index is -3.53. The molecule has 0 aliphatic carbocycles. The Hall–Kier alpha value is -1.55. The molecule has 0 radical (unpaired) electrons. The molecule has 1 aromatic heterocycles. The average molecular weight is 307 g/mol. The summed E-state index contributed by atoms with van der Waals surface area (Å²) in [6.45, 7) is 4.12. The van der Waals surface area contributed by atoms with E-state index >= 15 is 0 Å². The molecule has 0 aliphatic rings. The van der Waals surface area contributed by atoms with E-state index in [9.17, 15) is 18.0 Å². The summed E-state index contributed by atoms with van der Waals surface area (Å²) in [6, 6.07) is 0. The first-order valence-electron chi connectivity index (χ1n) is 5.23. The van der Waals surface area contributed by atoms with E-state index in [0.29, 0.717) is 17.9 Å². The summed E-state index contributed by atoms with van der Waals surface area (Å²) in [4.78, 5) is 22.7. The van der Waals surface area contributed by atoms with Crippen LogP contribution in [0.15, 0.2) is 4.34 Å². The third kappa shape index (κ3) is 4.91. The van der Waals surface area contributed by atoms with Gasteiger partial charge in [-0.1, -0.05) is 25.2 Å². The van der Waals surface area contributed by atoms with Crippen LogP contribution in [0.5, 0.6) is 0 Å². The molecule has 1 aromatic rings. The molecule has 0 spiro atoms. The number of aromatic nitrogens is 2. The number of carbonyl (C=O) groups is 2. The van der Waals surface area contributed by atoms with Crippen molar-refractivity contribution in [3.8, 4) is 0 Å². The molecule has 10 heteroatoms. The molecule has 0 aliphatic heterocycles. The lowest BCUT2D eigenvalue weighted by molar-refractivity contribution is 0.0620. The lowest BCUT2D eigenvalue weighted by Crippen LogP contribution is -2.29. The second kappa shape index (κ2) is 6.06. The highest BCUT2D eigenvalue weighted by molar-refractivity contribution is 7.92. The van der Waals surface area contributed by atoms with Crippen molar-refractivity contribution in [1.82, 2.24) is 15.5 Å². The lowest BCUT2D eigenvalue weighted by atomic mass is 10.2. The smallest absolute Gasteiger partial charge is 0.371 e. The maximum Gasteiger partial charge on any atom is 0.415 e. The Balaban J connectivity index is 2.64. The molecule has 0 aromatic carbocycles. The summed E-state index contributed by atoms with van der Waals surface area (Å²) in [5.74, 6) is -0.824. The van der Waals surface area contributed by atoms with E-state index in [1.54, 1.807) is 0 Å². The first-order valence-corrected chi connectivity index (χ1v) is 7.94. The van der Waals surface area contributed by atoms with Crippen molar-refractivity contribution in [2.45, 2.75) is 18.2 Å². The van der Waals surface area contributed by atoms with E-state index in [2.05, 4.69) is 20.3 Å². The molecule has 0 bridgehead atoms. The third-order valence-corrected chi connectivity index (χ3v) is 4.31. The van der Waals surface area contributed by atoms with Crippen molar-refractivity contribution >= 4 is 33.2 Å². The van der Waals surface area contributed by atoms with Crippen LogP contribution in [-0.4, -0.2) is 43.5 Å². The van der Waals surface area contributed by atoms with E-state index in [1.807, 2.05) is 13.8 Å². The maximum atomic E-state index is 11.5. The Kier molecular flexibility index (Phi) is 4.95. The van der Waals surface area contributed by atoms with Crippen LogP contribution >= 0.6 is 11.3 Å². The fourth-order valence-electron chi connectivity index (χ4n) is 0.893. The standard InChI is InChI=1S/C9H13N3O5S2/c1-5(2)4-10-8(14)17-7(13)6-11-12-9(18-6)19(3,15)16/h5H,4H2,1-3H3,(H,10,14). The van der Waals surface area contributed by atoms with E-state index in [1.165, 1.54) is 0 Å². The fourth-order valence-corrected chi connectivity index (χ4v) is 2.38. The molecular formula is C9H13N3O5S2. The minimum absolute atomic E-state index is 0.209. The van der Waals surface area contributed by atoms with Gasteiger partial charge in [-0.3, -0.25) is 0 Å². The van der Waals surface area contributed by atoms with Crippen LogP contribution in [0.1, 0.15) is 23.6 Å². The SMILES string of the molecule is CC(C)CNC(=O)OC(=O)c1nnc(S(C)(=O)=O)s1. The molecule has 0 unspecified atom stereocenters. The molecule has 1 heterocycles. The van der Waals surface area contributed by atoms with Gasteiger partial charge in [0.05, 0.1) is 0 Å². The Morgan fingerprint density at radius 1 is 1.37 bits per heavy atom. The number of rotatable bonds is 4. The Labute approximate surface area is 114 Å². The molecule has 1 amide bonds. The number of nitrogens with zero attached hydrogens (tertiary/aromatic N) is 2. The van der Waals surface area contributed by atoms with Gasteiger partial charge < -0.3 is 10.1 Å². The van der Waals surface area contributed by atoms with E-state index in [0.717, 1.165) is 6.26 Å². The second-order valence-corrected chi connectivity index (χ2v) is 7.26. The van der Waals surface area contributed by atoms with Gasteiger partial charge in [0.1, 0.15) is 0 Å². The fraction of sp³-hybridized carbons (Fsp3) is 0.556. The number of nitrogens with one attached hydrogen (secondary N) is 1. The number of amides is 1. The molecule has 1 rings (SSSR count). The molecular weight excluding hydrogens is 294 g/mol. The zero-order valence-electron chi connectivity index (χ0n) is 10.5. The molecule has 106 valence electrons. The minimum Gasteiger partial charge on any atom is -0.371 e. The van der Waals surface area contributed by atoms with Gasteiger partial charge in [0, 0.05) is 12.8 Å². The second-order valence-electron chi connectivity index (χ2n) is 4.10. The quantitative estimate of drug-likeness (QED) is 0.634. The highest BCUT2D eigenvalue weighted by Crippen LogP contribution is 2.15. The van der Waals surface area contributed by atoms with Gasteiger partial charge in [-0.25, -0.2) is 18.0 Å². The van der Waals surface area contributed by atoms with Crippen molar-refractivity contribution in [3.05, 3.63) is 5.01 Å². The van der Waals surface area contributed by atoms with Crippen molar-refractivity contribution < 1.29 is 22.7 Å². The lowest BCUT2D eigenvalue weighted by Gasteiger charge is -2.05. The number of sulfone groups is 1. The van der Waals surface area contributed by atoms with Gasteiger partial charge in [0.2, 0.25) is 19.2 Å². The molecule has 0 fully saturated rings. The normalized spacial score (nSPS) is 11.4. The molecule has 8 nitrogen and oxygen atoms in total. The van der Waals surface area contributed by atoms with Gasteiger partial charge in [-0.05, 0) is 5.92 Å². The van der Waals surface area contributed by atoms with Crippen LogP contribution in [-0.2, 0) is 14.6 Å². The number of esters is 1. The van der Waals surface area contributed by atoms with Crippen LogP contribution in [0.2, 0.25) is 0 Å². The van der Waals surface area contributed by atoms with Crippen molar-refractivity contribution in [2.75, 3.05) is 12.8 Å². The summed E-state index contributed by atoms with van der Waals surface area (Å²) < 4.78 is 26.4. The molecule has 19 heavy (non-hydrogen) atoms. The van der Waals surface area contributed by atoms with Crippen LogP contribution in [0, 0.1) is 5.92 Å². The number of hydrogen-bond acceptors (Lipinski definition) is 8. The summed E-state index contributed by atoms with van der Waals surface area (Å²) in [5, 5.41) is 8.79. The van der Waals surface area contributed by atoms with Crippen molar-refractivity contribution in [3.63, 3.8) is 0 Å². The molecule has 0 saturated heterocycles. The van der Waals surface area contributed by atoms with Gasteiger partial charge in [0.15, 0.2) is 0 Å². The maximum absolute atomic E-state index is 11.5. The first kappa shape index (κ1) is 15.5. The van der Waals surface area contributed by atoms with Gasteiger partial charge in [0.25, 0.3) is 0 Å². The summed E-state index contributed by atoms with van der Waals surface area (Å²) >= 11 is 0.550. The van der Waals surface area contributed by atoms with E-state index in [-0.39, 0.29) is 15.3 Å². The summed E-state index contributed by atoms with van der Waals surface area (Å²) in [6.07, 6.45) is 0.0348. The monoisotopic (exact) mass is 307 g/mol. The predicted octanol–water partition coefficient (Wildman–Crippen LogP) is 0.464. The molecule has 0 atom stereocenters. The van der Waals surface area contributed by atoms with E-state index < -0.39 is 21.9 Å². The first-order chi connectivity index (χ1) is 8.70. The summed E-state index contributed by atoms with van der Waals surface area (Å²) in [5.41, 5.74) is 0. The Morgan fingerprint density at radius 3 is 2.47 bits per heavy atom. The highest BCUT2D eigenvalue weighted by atomic mass is 32.2. The average Bonchev–Trinajstić information content (AvgIpc) is 2.75. The van der Waals surface area contributed by atoms with Crippen molar-refractivity contribution in [2.24, 2.45) is 5.92 Å². The van der Waals surface area contributed by atoms with Gasteiger partial charge in [-0.15, -0.1) is 10.2 Å². The Bertz CT molecular complexity index is 578. The topological polar surface area (TPSA) is 115 Å². The third-order valence-electron chi connectivity index (χ3n) is 1.74. The highest BCUT2D eigenvalue weighted by Gasteiger charge is 2.21. The zero-order valence-corrected chi connectivity index (χ0v) is 12.2. The predicted molar refractivity (Wildman–Crippen MR) is 66.7 cm³/mol. The van der Waals surface area contributed by atoms with Crippen LogP contribution < -0.4 is 5.32 Å². The molecule has 1 N–H and O–H groups in total. The Morgan fingerprint density at radius 2 is 2.00 bits per heavy atom. The van der Waals surface area contributed by atoms with Gasteiger partial charge in [-0.2, -0.15) is 0 Å². The zero-order chi connectivity index (χ0) is 14.6. The van der Waals surface area contributed by atoms with Crippen LogP contribution in [0.25, 0.3) is 0 Å². The molecule has 0 saturated carbocycles. The number of ether oxygens (including phenoxy) is 1. The van der Waals surface area contributed by atoms with Crippen LogP contribution in [0.3, 0.4) is 0 Å². The van der Waals surface area contributed by atoms with Crippen molar-refractivity contribution in [1.29, 1.82) is 0 Å². The number of alkyl carbamates (subject to hydrolysis) is 1. The number of hydrogen-bond donors (Lipinski definition) is 1. The van der Waals surface area contributed by atoms with Gasteiger partial charge >= 0.3 is 12.1 Å². The van der Waals surface area contributed by atoms with E-state index in [4.69, 9.17) is 0 Å². The number of carbonyl (C=O) groups excluding carboxylic acids is 2. The summed E-state index contributed by atoms with van der Waals surface area (Å²) in [7, 11) is -3.53. The van der Waals surface area contributed by atoms with Crippen LogP contribution in [0.4, 0.5) is 4.79 Å².